The topological polar surface area (TPSA) is 79.6 Å². The molecular weight excluding hydrogens is 302 g/mol. The van der Waals surface area contributed by atoms with Gasteiger partial charge in [0.1, 0.15) is 6.34 Å². The van der Waals surface area contributed by atoms with Crippen LogP contribution in [0.1, 0.15) is 41.2 Å². The van der Waals surface area contributed by atoms with Crippen molar-refractivity contribution < 1.29 is 4.79 Å². The molecule has 24 heavy (non-hydrogen) atoms. The molecule has 0 saturated carbocycles. The largest absolute Gasteiger partial charge is 0.346 e. The number of aryl methyl sites for hydroxylation is 1. The number of rotatable bonds is 6. The summed E-state index contributed by atoms with van der Waals surface area (Å²) in [5.74, 6) is -0.180. The molecule has 2 heterocycles. The smallest absolute Gasteiger partial charge is 0.253 e. The average Bonchev–Trinajstić information content (AvgIpc) is 2.64. The van der Waals surface area contributed by atoms with Gasteiger partial charge in [0.2, 0.25) is 0 Å². The Morgan fingerprint density at radius 2 is 2.04 bits per heavy atom. The van der Waals surface area contributed by atoms with E-state index in [1.165, 1.54) is 11.9 Å². The number of hydrogen-bond donors (Lipinski definition) is 1. The Morgan fingerprint density at radius 1 is 1.21 bits per heavy atom. The van der Waals surface area contributed by atoms with Crippen molar-refractivity contribution in [3.05, 3.63) is 59.2 Å². The molecule has 0 saturated heterocycles. The third-order valence-electron chi connectivity index (χ3n) is 3.49. The van der Waals surface area contributed by atoms with E-state index in [4.69, 9.17) is 0 Å². The number of carbonyl (C=O) groups excluding carboxylic acids is 1. The molecule has 6 nitrogen and oxygen atoms in total. The first-order valence-corrected chi connectivity index (χ1v) is 7.77. The fourth-order valence-electron chi connectivity index (χ4n) is 1.99. The Labute approximate surface area is 141 Å². The van der Waals surface area contributed by atoms with Crippen molar-refractivity contribution in [2.75, 3.05) is 7.05 Å². The maximum Gasteiger partial charge on any atom is 0.253 e. The highest BCUT2D eigenvalue weighted by Crippen LogP contribution is 2.04. The zero-order valence-corrected chi connectivity index (χ0v) is 14.2. The number of nitrogens with one attached hydrogen (secondary N) is 1. The van der Waals surface area contributed by atoms with Gasteiger partial charge in [-0.2, -0.15) is 0 Å². The summed E-state index contributed by atoms with van der Waals surface area (Å²) >= 11 is 0. The van der Waals surface area contributed by atoms with Gasteiger partial charge in [0, 0.05) is 19.4 Å². The molecular formula is C18H21N5O. The van der Waals surface area contributed by atoms with Gasteiger partial charge in [-0.05, 0) is 37.1 Å². The first kappa shape index (κ1) is 17.5. The van der Waals surface area contributed by atoms with E-state index >= 15 is 0 Å². The summed E-state index contributed by atoms with van der Waals surface area (Å²) < 4.78 is 0. The zero-order chi connectivity index (χ0) is 17.4. The fraction of sp³-hybridized carbons (Fsp3) is 0.278. The summed E-state index contributed by atoms with van der Waals surface area (Å²) in [5.41, 5.74) is 3.96. The van der Waals surface area contributed by atoms with Crippen LogP contribution in [0.15, 0.2) is 46.6 Å². The Hall–Kier alpha value is -2.89. The lowest BCUT2D eigenvalue weighted by Gasteiger charge is -2.06. The molecule has 0 fully saturated rings. The third-order valence-corrected chi connectivity index (χ3v) is 3.49. The van der Waals surface area contributed by atoms with Crippen LogP contribution in [0.5, 0.6) is 0 Å². The minimum absolute atomic E-state index is 0.180. The maximum atomic E-state index is 12.2. The Bertz CT molecular complexity index is 733. The molecule has 0 aliphatic rings. The van der Waals surface area contributed by atoms with Crippen LogP contribution in [-0.4, -0.2) is 35.0 Å². The van der Waals surface area contributed by atoms with E-state index in [1.54, 1.807) is 25.4 Å². The average molecular weight is 323 g/mol. The van der Waals surface area contributed by atoms with Crippen molar-refractivity contribution >= 4 is 18.0 Å². The number of aliphatic imine (C=N–C) groups is 2. The Morgan fingerprint density at radius 3 is 2.62 bits per heavy atom. The standard InChI is InChI=1S/C18H21N5O/c1-4-14-5-7-16(20-9-14)11-22-18(24)15-6-8-17(21-10-15)13(2)23-12-19-3/h5-10,12H,4,11H2,1-3H3,(H,22,24). The zero-order valence-electron chi connectivity index (χ0n) is 14.2. The van der Waals surface area contributed by atoms with Gasteiger partial charge in [-0.15, -0.1) is 0 Å². The minimum atomic E-state index is -0.180. The quantitative estimate of drug-likeness (QED) is 0.655. The predicted molar refractivity (Wildman–Crippen MR) is 95.6 cm³/mol. The lowest BCUT2D eigenvalue weighted by molar-refractivity contribution is 0.0950. The van der Waals surface area contributed by atoms with Gasteiger partial charge >= 0.3 is 0 Å². The van der Waals surface area contributed by atoms with Gasteiger partial charge < -0.3 is 5.32 Å². The molecule has 0 radical (unpaired) electrons. The van der Waals surface area contributed by atoms with Crippen LogP contribution < -0.4 is 5.32 Å². The van der Waals surface area contributed by atoms with Crippen molar-refractivity contribution in [2.24, 2.45) is 9.98 Å². The fourth-order valence-corrected chi connectivity index (χ4v) is 1.99. The molecule has 0 atom stereocenters. The molecule has 124 valence electrons. The molecule has 0 spiro atoms. The number of aromatic nitrogens is 2. The van der Waals surface area contributed by atoms with Crippen LogP contribution in [0.4, 0.5) is 0 Å². The molecule has 0 bridgehead atoms. The first-order chi connectivity index (χ1) is 11.6. The van der Waals surface area contributed by atoms with E-state index in [-0.39, 0.29) is 5.91 Å². The molecule has 1 amide bonds. The van der Waals surface area contributed by atoms with E-state index in [9.17, 15) is 4.79 Å². The molecule has 0 aliphatic heterocycles. The number of nitrogens with zero attached hydrogens (tertiary/aromatic N) is 4. The van der Waals surface area contributed by atoms with Crippen LogP contribution in [-0.2, 0) is 13.0 Å². The minimum Gasteiger partial charge on any atom is -0.346 e. The summed E-state index contributed by atoms with van der Waals surface area (Å²) in [5, 5.41) is 2.84. The highest BCUT2D eigenvalue weighted by atomic mass is 16.1. The molecule has 0 unspecified atom stereocenters. The van der Waals surface area contributed by atoms with E-state index < -0.39 is 0 Å². The van der Waals surface area contributed by atoms with E-state index in [0.29, 0.717) is 17.8 Å². The third kappa shape index (κ3) is 4.81. The molecule has 0 aromatic carbocycles. The molecule has 6 heteroatoms. The van der Waals surface area contributed by atoms with Gasteiger partial charge in [0.25, 0.3) is 5.91 Å². The summed E-state index contributed by atoms with van der Waals surface area (Å²) in [6.45, 7) is 4.31. The van der Waals surface area contributed by atoms with Crippen molar-refractivity contribution in [3.63, 3.8) is 0 Å². The normalized spacial score (nSPS) is 11.7. The van der Waals surface area contributed by atoms with Crippen molar-refractivity contribution in [1.29, 1.82) is 0 Å². The van der Waals surface area contributed by atoms with Crippen LogP contribution in [0.3, 0.4) is 0 Å². The summed E-state index contributed by atoms with van der Waals surface area (Å²) in [4.78, 5) is 28.7. The maximum absolute atomic E-state index is 12.2. The van der Waals surface area contributed by atoms with E-state index in [1.807, 2.05) is 25.3 Å². The van der Waals surface area contributed by atoms with Crippen molar-refractivity contribution in [3.8, 4) is 0 Å². The summed E-state index contributed by atoms with van der Waals surface area (Å²) in [6, 6.07) is 7.45. The molecule has 0 aliphatic carbocycles. The second kappa shape index (κ2) is 8.67. The number of pyridine rings is 2. The van der Waals surface area contributed by atoms with Gasteiger partial charge in [0.05, 0.1) is 29.2 Å². The predicted octanol–water partition coefficient (Wildman–Crippen LogP) is 2.44. The molecule has 2 aromatic rings. The number of amides is 1. The van der Waals surface area contributed by atoms with Crippen molar-refractivity contribution in [1.82, 2.24) is 15.3 Å². The van der Waals surface area contributed by atoms with Crippen molar-refractivity contribution in [2.45, 2.75) is 26.8 Å². The van der Waals surface area contributed by atoms with Crippen LogP contribution in [0.2, 0.25) is 0 Å². The lowest BCUT2D eigenvalue weighted by Crippen LogP contribution is -2.23. The van der Waals surface area contributed by atoms with E-state index in [2.05, 4.69) is 32.2 Å². The van der Waals surface area contributed by atoms with Crippen LogP contribution in [0, 0.1) is 0 Å². The van der Waals surface area contributed by atoms with Gasteiger partial charge in [0.15, 0.2) is 0 Å². The highest BCUT2D eigenvalue weighted by Gasteiger charge is 2.07. The van der Waals surface area contributed by atoms with Gasteiger partial charge in [-0.1, -0.05) is 13.0 Å². The second-order valence-electron chi connectivity index (χ2n) is 5.21. The lowest BCUT2D eigenvalue weighted by atomic mass is 10.2. The van der Waals surface area contributed by atoms with E-state index in [0.717, 1.165) is 17.8 Å². The van der Waals surface area contributed by atoms with Gasteiger partial charge in [-0.3, -0.25) is 19.8 Å². The molecule has 1 N–H and O–H groups in total. The summed E-state index contributed by atoms with van der Waals surface area (Å²) in [7, 11) is 1.66. The Balaban J connectivity index is 1.97. The Kier molecular flexibility index (Phi) is 6.31. The molecule has 2 rings (SSSR count). The number of carbonyl (C=O) groups is 1. The second-order valence-corrected chi connectivity index (χ2v) is 5.21. The van der Waals surface area contributed by atoms with Crippen LogP contribution >= 0.6 is 0 Å². The molecule has 2 aromatic heterocycles. The van der Waals surface area contributed by atoms with Gasteiger partial charge in [-0.25, -0.2) is 4.99 Å². The van der Waals surface area contributed by atoms with Crippen LogP contribution in [0.25, 0.3) is 0 Å². The number of hydrogen-bond acceptors (Lipinski definition) is 4. The first-order valence-electron chi connectivity index (χ1n) is 7.77. The highest BCUT2D eigenvalue weighted by molar-refractivity contribution is 6.01. The summed E-state index contributed by atoms with van der Waals surface area (Å²) in [6.07, 6.45) is 5.79. The SMILES string of the molecule is CCc1ccc(CNC(=O)c2ccc(C(C)=NC=NC)nc2)nc1. The monoisotopic (exact) mass is 323 g/mol.